The summed E-state index contributed by atoms with van der Waals surface area (Å²) in [6.45, 7) is 3.67. The molecule has 1 aliphatic rings. The standard InChI is InChI=1S/C21H18F2N4OS/c1-13-5-7-27(21-24-6-8-29-21)12-15(13)18-11-25-14(10-26-18)9-19(28)20-16(22)3-2-4-17(20)23/h2-4,6,8,10-11H,5,7,9,12H2,1H3. The lowest BCUT2D eigenvalue weighted by molar-refractivity contribution is 0.0983. The van der Waals surface area contributed by atoms with Crippen molar-refractivity contribution in [1.82, 2.24) is 15.0 Å². The van der Waals surface area contributed by atoms with E-state index < -0.39 is 23.0 Å². The van der Waals surface area contributed by atoms with Crippen LogP contribution in [0.5, 0.6) is 0 Å². The lowest BCUT2D eigenvalue weighted by atomic mass is 9.99. The van der Waals surface area contributed by atoms with Crippen LogP contribution in [-0.4, -0.2) is 33.8 Å². The second kappa shape index (κ2) is 8.16. The molecule has 0 atom stereocenters. The summed E-state index contributed by atoms with van der Waals surface area (Å²) in [5.41, 5.74) is 2.88. The molecule has 0 saturated carbocycles. The Morgan fingerprint density at radius 3 is 2.62 bits per heavy atom. The first kappa shape index (κ1) is 19.3. The number of halogens is 2. The number of thiazole rings is 1. The third-order valence-electron chi connectivity index (χ3n) is 4.91. The zero-order valence-electron chi connectivity index (χ0n) is 15.7. The third-order valence-corrected chi connectivity index (χ3v) is 5.74. The normalized spacial score (nSPS) is 14.4. The first-order valence-corrected chi connectivity index (χ1v) is 10.0. The van der Waals surface area contributed by atoms with Crippen molar-refractivity contribution in [2.45, 2.75) is 19.8 Å². The number of aromatic nitrogens is 3. The minimum atomic E-state index is -0.871. The maximum atomic E-state index is 13.8. The third kappa shape index (κ3) is 4.07. The van der Waals surface area contributed by atoms with Crippen LogP contribution in [0.4, 0.5) is 13.9 Å². The molecule has 0 spiro atoms. The van der Waals surface area contributed by atoms with Crippen LogP contribution < -0.4 is 4.90 Å². The highest BCUT2D eigenvalue weighted by Crippen LogP contribution is 2.29. The van der Waals surface area contributed by atoms with Gasteiger partial charge in [0.2, 0.25) is 0 Å². The van der Waals surface area contributed by atoms with Crippen molar-refractivity contribution in [2.24, 2.45) is 0 Å². The quantitative estimate of drug-likeness (QED) is 0.584. The summed E-state index contributed by atoms with van der Waals surface area (Å²) in [6, 6.07) is 3.36. The molecule has 0 bridgehead atoms. The first-order chi connectivity index (χ1) is 14.0. The van der Waals surface area contributed by atoms with Crippen LogP contribution in [0.3, 0.4) is 0 Å². The van der Waals surface area contributed by atoms with Gasteiger partial charge in [-0.25, -0.2) is 13.8 Å². The number of rotatable bonds is 5. The second-order valence-electron chi connectivity index (χ2n) is 6.83. The van der Waals surface area contributed by atoms with E-state index in [0.29, 0.717) is 12.2 Å². The van der Waals surface area contributed by atoms with Crippen LogP contribution >= 0.6 is 11.3 Å². The van der Waals surface area contributed by atoms with E-state index in [9.17, 15) is 13.6 Å². The minimum Gasteiger partial charge on any atom is -0.343 e. The van der Waals surface area contributed by atoms with Crippen LogP contribution in [0, 0.1) is 11.6 Å². The van der Waals surface area contributed by atoms with Crippen LogP contribution in [-0.2, 0) is 6.42 Å². The van der Waals surface area contributed by atoms with E-state index >= 15 is 0 Å². The van der Waals surface area contributed by atoms with Gasteiger partial charge in [-0.05, 0) is 31.1 Å². The summed E-state index contributed by atoms with van der Waals surface area (Å²) in [5, 5.41) is 2.92. The monoisotopic (exact) mass is 412 g/mol. The van der Waals surface area contributed by atoms with Crippen molar-refractivity contribution in [3.63, 3.8) is 0 Å². The topological polar surface area (TPSA) is 59.0 Å². The maximum absolute atomic E-state index is 13.8. The molecule has 0 radical (unpaired) electrons. The molecule has 4 rings (SSSR count). The Balaban J connectivity index is 1.51. The molecule has 0 saturated heterocycles. The number of carbonyl (C=O) groups is 1. The summed E-state index contributed by atoms with van der Waals surface area (Å²) < 4.78 is 27.6. The SMILES string of the molecule is CC1=C(c2cnc(CC(=O)c3c(F)cccc3F)cn2)CN(c2nccs2)CC1. The van der Waals surface area contributed by atoms with Crippen LogP contribution in [0.25, 0.3) is 5.57 Å². The highest BCUT2D eigenvalue weighted by atomic mass is 32.1. The number of carbonyl (C=O) groups excluding carboxylic acids is 1. The van der Waals surface area contributed by atoms with Gasteiger partial charge in [-0.15, -0.1) is 11.3 Å². The summed E-state index contributed by atoms with van der Waals surface area (Å²) in [6.07, 6.45) is 5.59. The Kier molecular flexibility index (Phi) is 5.44. The molecular formula is C21H18F2N4OS. The average Bonchev–Trinajstić information content (AvgIpc) is 3.24. The van der Waals surface area contributed by atoms with Crippen LogP contribution in [0.15, 0.2) is 47.7 Å². The van der Waals surface area contributed by atoms with Crippen molar-refractivity contribution in [3.05, 3.63) is 76.3 Å². The Morgan fingerprint density at radius 1 is 1.17 bits per heavy atom. The molecule has 5 nitrogen and oxygen atoms in total. The molecule has 0 fully saturated rings. The zero-order valence-corrected chi connectivity index (χ0v) is 16.5. The van der Waals surface area contributed by atoms with E-state index in [0.717, 1.165) is 41.5 Å². The summed E-state index contributed by atoms with van der Waals surface area (Å²) in [5.74, 6) is -2.40. The van der Waals surface area contributed by atoms with E-state index in [-0.39, 0.29) is 6.42 Å². The maximum Gasteiger partial charge on any atom is 0.185 e. The predicted octanol–water partition coefficient (Wildman–Crippen LogP) is 4.32. The van der Waals surface area contributed by atoms with E-state index in [1.165, 1.54) is 17.8 Å². The van der Waals surface area contributed by atoms with Crippen molar-refractivity contribution in [2.75, 3.05) is 18.0 Å². The zero-order chi connectivity index (χ0) is 20.4. The molecule has 8 heteroatoms. The number of nitrogens with zero attached hydrogens (tertiary/aromatic N) is 4. The van der Waals surface area contributed by atoms with Gasteiger partial charge in [0.1, 0.15) is 11.6 Å². The van der Waals surface area contributed by atoms with Crippen LogP contribution in [0.2, 0.25) is 0 Å². The molecule has 29 heavy (non-hydrogen) atoms. The van der Waals surface area contributed by atoms with Gasteiger partial charge in [-0.1, -0.05) is 11.6 Å². The summed E-state index contributed by atoms with van der Waals surface area (Å²) >= 11 is 1.59. The lowest BCUT2D eigenvalue weighted by Crippen LogP contribution is -2.31. The van der Waals surface area contributed by atoms with E-state index in [1.54, 1.807) is 23.7 Å². The van der Waals surface area contributed by atoms with Gasteiger partial charge in [-0.3, -0.25) is 14.8 Å². The molecule has 2 aromatic heterocycles. The Morgan fingerprint density at radius 2 is 1.97 bits per heavy atom. The lowest BCUT2D eigenvalue weighted by Gasteiger charge is -2.29. The highest BCUT2D eigenvalue weighted by Gasteiger charge is 2.22. The predicted molar refractivity (Wildman–Crippen MR) is 108 cm³/mol. The van der Waals surface area contributed by atoms with E-state index in [2.05, 4.69) is 26.8 Å². The second-order valence-corrected chi connectivity index (χ2v) is 7.71. The molecular weight excluding hydrogens is 394 g/mol. The Bertz CT molecular complexity index is 1040. The van der Waals surface area contributed by atoms with Gasteiger partial charge < -0.3 is 4.90 Å². The van der Waals surface area contributed by atoms with Crippen LogP contribution in [0.1, 0.15) is 35.1 Å². The molecule has 0 N–H and O–H groups in total. The number of Topliss-reactive ketones (excluding diaryl/α,β-unsaturated/α-hetero) is 1. The molecule has 0 amide bonds. The summed E-state index contributed by atoms with van der Waals surface area (Å²) in [7, 11) is 0. The smallest absolute Gasteiger partial charge is 0.185 e. The number of hydrogen-bond acceptors (Lipinski definition) is 6. The van der Waals surface area contributed by atoms with Gasteiger partial charge >= 0.3 is 0 Å². The Hall–Kier alpha value is -3.00. The molecule has 1 aromatic carbocycles. The molecule has 1 aliphatic heterocycles. The molecule has 0 unspecified atom stereocenters. The fourth-order valence-corrected chi connectivity index (χ4v) is 3.98. The van der Waals surface area contributed by atoms with Gasteiger partial charge in [0.15, 0.2) is 10.9 Å². The van der Waals surface area contributed by atoms with Gasteiger partial charge in [0.05, 0.1) is 29.6 Å². The van der Waals surface area contributed by atoms with Crippen molar-refractivity contribution >= 4 is 27.8 Å². The largest absolute Gasteiger partial charge is 0.343 e. The Labute approximate surface area is 170 Å². The minimum absolute atomic E-state index is 0.214. The molecule has 0 aliphatic carbocycles. The van der Waals surface area contributed by atoms with E-state index in [1.807, 2.05) is 5.38 Å². The molecule has 3 heterocycles. The van der Waals surface area contributed by atoms with Gasteiger partial charge in [0, 0.05) is 30.9 Å². The molecule has 3 aromatic rings. The van der Waals surface area contributed by atoms with Crippen molar-refractivity contribution in [3.8, 4) is 0 Å². The van der Waals surface area contributed by atoms with Crippen molar-refractivity contribution < 1.29 is 13.6 Å². The number of ketones is 1. The summed E-state index contributed by atoms with van der Waals surface area (Å²) in [4.78, 5) is 27.6. The van der Waals surface area contributed by atoms with Gasteiger partial charge in [0.25, 0.3) is 0 Å². The van der Waals surface area contributed by atoms with E-state index in [4.69, 9.17) is 0 Å². The number of anilines is 1. The fraction of sp³-hybridized carbons (Fsp3) is 0.238. The highest BCUT2D eigenvalue weighted by molar-refractivity contribution is 7.13. The average molecular weight is 412 g/mol. The number of benzene rings is 1. The fourth-order valence-electron chi connectivity index (χ4n) is 3.31. The first-order valence-electron chi connectivity index (χ1n) is 9.14. The van der Waals surface area contributed by atoms with Crippen molar-refractivity contribution in [1.29, 1.82) is 0 Å². The number of hydrogen-bond donors (Lipinski definition) is 0. The van der Waals surface area contributed by atoms with Gasteiger partial charge in [-0.2, -0.15) is 0 Å². The molecule has 148 valence electrons.